The molecule has 0 aromatic heterocycles. The highest BCUT2D eigenvalue weighted by molar-refractivity contribution is 7.89. The summed E-state index contributed by atoms with van der Waals surface area (Å²) in [5.74, 6) is -0.192. The van der Waals surface area contributed by atoms with Gasteiger partial charge in [-0.1, -0.05) is 30.7 Å². The first-order valence-corrected chi connectivity index (χ1v) is 10.4. The number of methoxy groups -OCH3 is 1. The predicted molar refractivity (Wildman–Crippen MR) is 109 cm³/mol. The van der Waals surface area contributed by atoms with Crippen molar-refractivity contribution >= 4 is 38.9 Å². The highest BCUT2D eigenvalue weighted by atomic mass is 35.5. The maximum Gasteiger partial charge on any atom is 0.290 e. The van der Waals surface area contributed by atoms with Crippen molar-refractivity contribution in [2.45, 2.75) is 18.2 Å². The molecule has 0 saturated heterocycles. The van der Waals surface area contributed by atoms with Gasteiger partial charge in [0.05, 0.1) is 24.3 Å². The molecule has 0 bridgehead atoms. The Hall–Kier alpha value is -2.69. The van der Waals surface area contributed by atoms with Crippen molar-refractivity contribution in [2.75, 3.05) is 25.5 Å². The monoisotopic (exact) mass is 441 g/mol. The van der Waals surface area contributed by atoms with Crippen molar-refractivity contribution in [1.82, 2.24) is 4.31 Å². The molecule has 9 nitrogen and oxygen atoms in total. The molecule has 0 aliphatic heterocycles. The minimum Gasteiger partial charge on any atom is -0.495 e. The van der Waals surface area contributed by atoms with Gasteiger partial charge in [0.2, 0.25) is 15.9 Å². The van der Waals surface area contributed by atoms with E-state index in [1.165, 1.54) is 13.2 Å². The van der Waals surface area contributed by atoms with Crippen LogP contribution in [0.5, 0.6) is 5.75 Å². The normalized spacial score (nSPS) is 11.3. The number of carbonyl (C=O) groups excluding carboxylic acids is 1. The lowest BCUT2D eigenvalue weighted by Crippen LogP contribution is -2.38. The zero-order valence-corrected chi connectivity index (χ0v) is 17.4. The van der Waals surface area contributed by atoms with Crippen LogP contribution in [0, 0.1) is 10.1 Å². The van der Waals surface area contributed by atoms with E-state index in [0.717, 1.165) is 16.4 Å². The molecule has 0 aliphatic carbocycles. The lowest BCUT2D eigenvalue weighted by Gasteiger charge is -2.21. The second kappa shape index (κ2) is 9.68. The average Bonchev–Trinajstić information content (AvgIpc) is 2.67. The molecular weight excluding hydrogens is 422 g/mol. The van der Waals surface area contributed by atoms with Crippen LogP contribution in [0.15, 0.2) is 47.4 Å². The number of nitro benzene ring substituents is 1. The van der Waals surface area contributed by atoms with Crippen LogP contribution < -0.4 is 10.1 Å². The van der Waals surface area contributed by atoms with Crippen molar-refractivity contribution in [2.24, 2.45) is 0 Å². The van der Waals surface area contributed by atoms with Gasteiger partial charge in [-0.05, 0) is 30.7 Å². The van der Waals surface area contributed by atoms with E-state index in [-0.39, 0.29) is 11.6 Å². The summed E-state index contributed by atoms with van der Waals surface area (Å²) in [6.07, 6.45) is 0.405. The summed E-state index contributed by atoms with van der Waals surface area (Å²) >= 11 is 5.77. The smallest absolute Gasteiger partial charge is 0.290 e. The molecule has 156 valence electrons. The van der Waals surface area contributed by atoms with Crippen molar-refractivity contribution < 1.29 is 22.9 Å². The Labute approximate surface area is 173 Å². The topological polar surface area (TPSA) is 119 Å². The number of para-hydroxylation sites is 2. The fourth-order valence-corrected chi connectivity index (χ4v) is 4.41. The molecule has 0 fully saturated rings. The van der Waals surface area contributed by atoms with E-state index in [2.05, 4.69) is 5.32 Å². The standard InChI is InChI=1S/C18H20ClN3O6S/c1-3-10-21(12-18(23)20-14-6-4-5-7-16(14)28-2)29(26,27)17-9-8-13(19)11-15(17)22(24)25/h4-9,11H,3,10,12H2,1-2H3,(H,20,23). The van der Waals surface area contributed by atoms with Gasteiger partial charge >= 0.3 is 0 Å². The van der Waals surface area contributed by atoms with Gasteiger partial charge in [0.1, 0.15) is 5.75 Å². The predicted octanol–water partition coefficient (Wildman–Crippen LogP) is 3.30. The molecule has 0 spiro atoms. The van der Waals surface area contributed by atoms with Crippen LogP contribution in [-0.4, -0.2) is 43.8 Å². The van der Waals surface area contributed by atoms with Crippen molar-refractivity contribution in [3.05, 3.63) is 57.6 Å². The number of sulfonamides is 1. The highest BCUT2D eigenvalue weighted by Crippen LogP contribution is 2.30. The molecule has 0 heterocycles. The molecule has 2 aromatic rings. The first kappa shape index (κ1) is 22.6. The largest absolute Gasteiger partial charge is 0.495 e. The van der Waals surface area contributed by atoms with Crippen LogP contribution in [0.2, 0.25) is 5.02 Å². The fourth-order valence-electron chi connectivity index (χ4n) is 2.62. The number of ether oxygens (including phenoxy) is 1. The Morgan fingerprint density at radius 3 is 2.59 bits per heavy atom. The van der Waals surface area contributed by atoms with Crippen LogP contribution >= 0.6 is 11.6 Å². The van der Waals surface area contributed by atoms with Gasteiger partial charge in [0, 0.05) is 17.6 Å². The molecule has 0 radical (unpaired) electrons. The van der Waals surface area contributed by atoms with Crippen molar-refractivity contribution in [3.8, 4) is 5.75 Å². The van der Waals surface area contributed by atoms with Gasteiger partial charge in [-0.3, -0.25) is 14.9 Å². The average molecular weight is 442 g/mol. The van der Waals surface area contributed by atoms with Gasteiger partial charge in [-0.25, -0.2) is 8.42 Å². The number of rotatable bonds is 9. The molecule has 2 rings (SSSR count). The summed E-state index contributed by atoms with van der Waals surface area (Å²) in [4.78, 5) is 22.5. The number of amides is 1. The quantitative estimate of drug-likeness (QED) is 0.471. The van der Waals surface area contributed by atoms with Crippen LogP contribution in [0.3, 0.4) is 0 Å². The lowest BCUT2D eigenvalue weighted by atomic mass is 10.3. The first-order chi connectivity index (χ1) is 13.7. The zero-order chi connectivity index (χ0) is 21.6. The number of hydrogen-bond acceptors (Lipinski definition) is 6. The summed E-state index contributed by atoms with van der Waals surface area (Å²) in [6, 6.07) is 9.95. The summed E-state index contributed by atoms with van der Waals surface area (Å²) in [7, 11) is -2.87. The van der Waals surface area contributed by atoms with Crippen LogP contribution in [0.1, 0.15) is 13.3 Å². The minimum absolute atomic E-state index is 0.00145. The summed E-state index contributed by atoms with van der Waals surface area (Å²) in [5.41, 5.74) is -0.268. The molecule has 0 atom stereocenters. The van der Waals surface area contributed by atoms with Gasteiger partial charge in [-0.2, -0.15) is 4.31 Å². The molecule has 0 aliphatic rings. The van der Waals surface area contributed by atoms with Gasteiger partial charge in [-0.15, -0.1) is 0 Å². The second-order valence-corrected chi connectivity index (χ2v) is 8.30. The van der Waals surface area contributed by atoms with E-state index in [1.807, 2.05) is 0 Å². The summed E-state index contributed by atoms with van der Waals surface area (Å²) in [5, 5.41) is 13.9. The Morgan fingerprint density at radius 1 is 1.28 bits per heavy atom. The van der Waals surface area contributed by atoms with Crippen molar-refractivity contribution in [1.29, 1.82) is 0 Å². The molecular formula is C18H20ClN3O6S. The number of nitro groups is 1. The van der Waals surface area contributed by atoms with Crippen LogP contribution in [-0.2, 0) is 14.8 Å². The lowest BCUT2D eigenvalue weighted by molar-refractivity contribution is -0.387. The Kier molecular flexibility index (Phi) is 7.54. The number of halogens is 1. The SMILES string of the molecule is CCCN(CC(=O)Nc1ccccc1OC)S(=O)(=O)c1ccc(Cl)cc1[N+](=O)[O-]. The van der Waals surface area contributed by atoms with Crippen LogP contribution in [0.25, 0.3) is 0 Å². The molecule has 1 amide bonds. The second-order valence-electron chi connectivity index (χ2n) is 5.96. The van der Waals surface area contributed by atoms with Gasteiger partial charge < -0.3 is 10.1 Å². The molecule has 1 N–H and O–H groups in total. The Balaban J connectivity index is 2.33. The van der Waals surface area contributed by atoms with E-state index < -0.39 is 38.0 Å². The number of hydrogen-bond donors (Lipinski definition) is 1. The first-order valence-electron chi connectivity index (χ1n) is 8.57. The summed E-state index contributed by atoms with van der Waals surface area (Å²) in [6.45, 7) is 1.21. The number of carbonyl (C=O) groups is 1. The maximum absolute atomic E-state index is 13.0. The minimum atomic E-state index is -4.32. The van der Waals surface area contributed by atoms with E-state index in [0.29, 0.717) is 17.9 Å². The number of nitrogens with zero attached hydrogens (tertiary/aromatic N) is 2. The van der Waals surface area contributed by atoms with Gasteiger partial charge in [0.15, 0.2) is 4.90 Å². The fraction of sp³-hybridized carbons (Fsp3) is 0.278. The number of anilines is 1. The maximum atomic E-state index is 13.0. The highest BCUT2D eigenvalue weighted by Gasteiger charge is 2.32. The number of nitrogens with one attached hydrogen (secondary N) is 1. The number of benzene rings is 2. The Bertz CT molecular complexity index is 1010. The van der Waals surface area contributed by atoms with Crippen LogP contribution in [0.4, 0.5) is 11.4 Å². The van der Waals surface area contributed by atoms with Crippen molar-refractivity contribution in [3.63, 3.8) is 0 Å². The molecule has 0 unspecified atom stereocenters. The molecule has 0 saturated carbocycles. The zero-order valence-electron chi connectivity index (χ0n) is 15.8. The third kappa shape index (κ3) is 5.43. The molecule has 29 heavy (non-hydrogen) atoms. The van der Waals surface area contributed by atoms with E-state index in [4.69, 9.17) is 16.3 Å². The molecule has 2 aromatic carbocycles. The summed E-state index contributed by atoms with van der Waals surface area (Å²) < 4.78 is 32.1. The van der Waals surface area contributed by atoms with Gasteiger partial charge in [0.25, 0.3) is 5.69 Å². The third-order valence-electron chi connectivity index (χ3n) is 3.91. The van der Waals surface area contributed by atoms with E-state index in [1.54, 1.807) is 31.2 Å². The molecule has 11 heteroatoms. The Morgan fingerprint density at radius 2 is 1.97 bits per heavy atom. The van der Waals surface area contributed by atoms with E-state index >= 15 is 0 Å². The third-order valence-corrected chi connectivity index (χ3v) is 6.04. The van der Waals surface area contributed by atoms with E-state index in [9.17, 15) is 23.3 Å².